The number of anilines is 4. The number of carboxylic acids is 1. The van der Waals surface area contributed by atoms with Crippen LogP contribution >= 0.6 is 11.3 Å². The molecular weight excluding hydrogens is 787 g/mol. The molecule has 13 nitrogen and oxygen atoms in total. The van der Waals surface area contributed by atoms with Gasteiger partial charge in [0.15, 0.2) is 22.5 Å². The van der Waals surface area contributed by atoms with Crippen LogP contribution in [0.1, 0.15) is 98.5 Å². The van der Waals surface area contributed by atoms with E-state index in [2.05, 4.69) is 40.0 Å². The number of phenols is 1. The number of nitrogens with one attached hydrogen (secondary N) is 4. The minimum atomic E-state index is -1.16. The number of rotatable bonds is 15. The Kier molecular flexibility index (Phi) is 10.6. The number of phenolic OH excluding ortho intramolecular Hbond substituents is 1. The number of hydrogen-bond donors (Lipinski definition) is 6. The largest absolute Gasteiger partial charge is 0.508 e. The van der Waals surface area contributed by atoms with E-state index >= 15 is 0 Å². The molecule has 5 aliphatic rings. The maximum absolute atomic E-state index is 12.9. The Morgan fingerprint density at radius 1 is 0.984 bits per heavy atom. The second-order valence-corrected chi connectivity index (χ2v) is 19.8. The van der Waals surface area contributed by atoms with E-state index in [-0.39, 0.29) is 33.3 Å². The molecule has 4 fully saturated rings. The third-order valence-corrected chi connectivity index (χ3v) is 14.4. The summed E-state index contributed by atoms with van der Waals surface area (Å²) in [4.78, 5) is 24.3. The van der Waals surface area contributed by atoms with Crippen molar-refractivity contribution in [3.63, 3.8) is 0 Å². The number of aromatic carboxylic acids is 1. The van der Waals surface area contributed by atoms with Crippen LogP contribution in [-0.2, 0) is 17.7 Å². The molecule has 3 aromatic heterocycles. The predicted octanol–water partition coefficient (Wildman–Crippen LogP) is 8.92. The van der Waals surface area contributed by atoms with Crippen molar-refractivity contribution < 1.29 is 19.7 Å². The summed E-state index contributed by atoms with van der Waals surface area (Å²) in [7, 11) is 0. The normalized spacial score (nSPS) is 25.6. The molecule has 0 amide bonds. The van der Waals surface area contributed by atoms with Crippen molar-refractivity contribution in [1.82, 2.24) is 30.8 Å². The van der Waals surface area contributed by atoms with Crippen LogP contribution in [0.3, 0.4) is 0 Å². The minimum Gasteiger partial charge on any atom is -0.508 e. The van der Waals surface area contributed by atoms with Gasteiger partial charge in [0.2, 0.25) is 0 Å². The molecule has 2 atom stereocenters. The number of carboxylic acid groups (broad SMARTS) is 1. The summed E-state index contributed by atoms with van der Waals surface area (Å²) in [5.41, 5.74) is 5.77. The maximum atomic E-state index is 12.9. The molecule has 10 rings (SSSR count). The molecule has 61 heavy (non-hydrogen) atoms. The number of aromatic hydroxyl groups is 1. The summed E-state index contributed by atoms with van der Waals surface area (Å²) in [6.07, 6.45) is 9.39. The smallest absolute Gasteiger partial charge is 0.355 e. The average Bonchev–Trinajstić information content (AvgIpc) is 3.63. The summed E-state index contributed by atoms with van der Waals surface area (Å²) < 4.78 is 7.99. The van der Waals surface area contributed by atoms with Gasteiger partial charge in [-0.05, 0) is 123 Å². The Hall–Kier alpha value is -5.44. The highest BCUT2D eigenvalue weighted by Gasteiger charge is 2.66. The summed E-state index contributed by atoms with van der Waals surface area (Å²) in [5.74, 6) is 0.909. The van der Waals surface area contributed by atoms with Gasteiger partial charge in [-0.3, -0.25) is 0 Å². The Labute approximate surface area is 360 Å². The number of ether oxygens (including phenoxy) is 1. The molecule has 4 saturated carbocycles. The topological polar surface area (TPSA) is 181 Å². The van der Waals surface area contributed by atoms with Crippen LogP contribution in [0.25, 0.3) is 15.8 Å². The first kappa shape index (κ1) is 40.9. The van der Waals surface area contributed by atoms with Gasteiger partial charge in [-0.2, -0.15) is 0 Å². The van der Waals surface area contributed by atoms with Crippen LogP contribution in [-0.4, -0.2) is 74.4 Å². The first-order chi connectivity index (χ1) is 29.3. The van der Waals surface area contributed by atoms with Crippen LogP contribution in [0.2, 0.25) is 0 Å². The molecule has 4 heterocycles. The van der Waals surface area contributed by atoms with Crippen molar-refractivity contribution in [3.8, 4) is 5.75 Å². The Morgan fingerprint density at radius 3 is 2.49 bits per heavy atom. The van der Waals surface area contributed by atoms with Gasteiger partial charge in [0.25, 0.3) is 0 Å². The average molecular weight is 842 g/mol. The molecule has 318 valence electrons. The van der Waals surface area contributed by atoms with E-state index in [1.165, 1.54) is 12.6 Å². The van der Waals surface area contributed by atoms with Gasteiger partial charge in [-0.15, -0.1) is 10.2 Å². The van der Waals surface area contributed by atoms with E-state index in [9.17, 15) is 15.0 Å². The first-order valence-corrected chi connectivity index (χ1v) is 22.2. The monoisotopic (exact) mass is 841 g/mol. The number of benzene rings is 2. The van der Waals surface area contributed by atoms with Crippen molar-refractivity contribution in [3.05, 3.63) is 94.3 Å². The van der Waals surface area contributed by atoms with Gasteiger partial charge >= 0.3 is 5.97 Å². The molecule has 4 bridgehead atoms. The molecule has 5 aromatic rings. The van der Waals surface area contributed by atoms with Crippen molar-refractivity contribution in [2.45, 2.75) is 91.2 Å². The van der Waals surface area contributed by atoms with Crippen molar-refractivity contribution in [2.24, 2.45) is 16.2 Å². The van der Waals surface area contributed by atoms with Crippen LogP contribution < -0.4 is 20.9 Å². The lowest BCUT2D eigenvalue weighted by atomic mass is 9.39. The van der Waals surface area contributed by atoms with E-state index in [4.69, 9.17) is 20.1 Å². The zero-order valence-corrected chi connectivity index (χ0v) is 36.2. The summed E-state index contributed by atoms with van der Waals surface area (Å²) in [6.45, 7) is 12.3. The van der Waals surface area contributed by atoms with Crippen LogP contribution in [0, 0.1) is 28.6 Å². The molecule has 4 aliphatic carbocycles. The van der Waals surface area contributed by atoms with Crippen molar-refractivity contribution in [2.75, 3.05) is 36.5 Å². The van der Waals surface area contributed by atoms with Gasteiger partial charge in [0, 0.05) is 60.4 Å². The lowest BCUT2D eigenvalue weighted by molar-refractivity contribution is -0.242. The number of fused-ring (bicyclic) bond motifs is 2. The van der Waals surface area contributed by atoms with E-state index < -0.39 is 5.97 Å². The number of nitrogens with zero attached hydrogens (tertiary/aromatic N) is 5. The molecule has 2 unspecified atom stereocenters. The number of hydrogen-bond acceptors (Lipinski definition) is 13. The molecule has 0 saturated heterocycles. The molecule has 0 spiro atoms. The Morgan fingerprint density at radius 2 is 1.75 bits per heavy atom. The zero-order chi connectivity index (χ0) is 42.6. The quantitative estimate of drug-likeness (QED) is 0.0436. The third kappa shape index (κ3) is 8.08. The van der Waals surface area contributed by atoms with Gasteiger partial charge in [-0.25, -0.2) is 14.8 Å². The highest BCUT2D eigenvalue weighted by molar-refractivity contribution is 7.22. The molecule has 14 heteroatoms. The second-order valence-electron chi connectivity index (χ2n) is 18.8. The minimum absolute atomic E-state index is 0.00838. The van der Waals surface area contributed by atoms with E-state index in [0.717, 1.165) is 102 Å². The summed E-state index contributed by atoms with van der Waals surface area (Å²) in [6, 6.07) is 18.9. The third-order valence-electron chi connectivity index (χ3n) is 13.4. The molecular formula is C47H55N9O4S. The van der Waals surface area contributed by atoms with Gasteiger partial charge in [0.1, 0.15) is 11.6 Å². The summed E-state index contributed by atoms with van der Waals surface area (Å²) >= 11 is 1.56. The van der Waals surface area contributed by atoms with Gasteiger partial charge < -0.3 is 41.2 Å². The van der Waals surface area contributed by atoms with E-state index in [1.807, 2.05) is 61.2 Å². The maximum Gasteiger partial charge on any atom is 0.355 e. The van der Waals surface area contributed by atoms with Gasteiger partial charge in [0.05, 0.1) is 22.4 Å². The fourth-order valence-electron chi connectivity index (χ4n) is 12.1. The lowest BCUT2D eigenvalue weighted by Crippen LogP contribution is -2.65. The zero-order valence-electron chi connectivity index (χ0n) is 35.4. The van der Waals surface area contributed by atoms with E-state index in [0.29, 0.717) is 41.7 Å². The number of thiazole rings is 1. The Balaban J connectivity index is 0.913. The fourth-order valence-corrected chi connectivity index (χ4v) is 13.0. The molecule has 0 radical (unpaired) electrons. The molecule has 1 aliphatic heterocycles. The van der Waals surface area contributed by atoms with Crippen LogP contribution in [0.4, 0.5) is 22.6 Å². The molecule has 6 N–H and O–H groups in total. The highest BCUT2D eigenvalue weighted by Crippen LogP contribution is 2.71. The molecule has 2 aromatic carbocycles. The number of carbonyl (C=O) groups is 1. The lowest BCUT2D eigenvalue weighted by Gasteiger charge is -2.69. The van der Waals surface area contributed by atoms with Crippen LogP contribution in [0.15, 0.2) is 66.4 Å². The Bertz CT molecular complexity index is 2490. The SMILES string of the molecule is C/C(NCC12CC3(C)CC(C)(C1)CC(OCCNCc1ccc(O)cc1)(C3)C2)=C(/C=N)c1ccc(N2CCCc3c2nnc(Nc2nc4ccccc4s2)c3C)nc1C(=O)O. The van der Waals surface area contributed by atoms with Crippen molar-refractivity contribution >= 4 is 61.9 Å². The van der Waals surface area contributed by atoms with Crippen molar-refractivity contribution in [1.29, 1.82) is 5.41 Å². The number of allylic oxidation sites excluding steroid dienone is 2. The van der Waals surface area contributed by atoms with Crippen LogP contribution in [0.5, 0.6) is 5.75 Å². The highest BCUT2D eigenvalue weighted by atomic mass is 32.1. The van der Waals surface area contributed by atoms with E-state index in [1.54, 1.807) is 29.5 Å². The standard InChI is InChI=1S/C47H55N9O4S/c1-29-33-8-7-18-56(41(33)55-54-40(29)53-43-51-36-9-5-6-10-37(36)61-43)38-16-15-34(39(52-38)42(58)59)35(20-48)30(2)50-28-46-23-44(3)22-45(4,24-46)26-47(25-44,27-46)60-19-17-49-21-31-11-13-32(57)14-12-31/h5-6,9-16,20,48-50,57H,7-8,17-19,21-28H2,1-4H3,(H,58,59)(H,51,53,54)/b35-30+,48-20?. The second kappa shape index (κ2) is 15.8. The fraction of sp³-hybridized carbons (Fsp3) is 0.447. The number of aromatic nitrogens is 4. The summed E-state index contributed by atoms with van der Waals surface area (Å²) in [5, 5.41) is 49.2. The predicted molar refractivity (Wildman–Crippen MR) is 240 cm³/mol. The van der Waals surface area contributed by atoms with Gasteiger partial charge in [-0.1, -0.05) is 49.4 Å². The first-order valence-electron chi connectivity index (χ1n) is 21.4. The number of pyridine rings is 1. The number of para-hydroxylation sites is 1.